The molecule has 10 heteroatoms. The van der Waals surface area contributed by atoms with E-state index >= 15 is 0 Å². The third kappa shape index (κ3) is 5.53. The van der Waals surface area contributed by atoms with E-state index in [9.17, 15) is 14.7 Å². The second kappa shape index (κ2) is 11.1. The van der Waals surface area contributed by atoms with Gasteiger partial charge < -0.3 is 30.3 Å². The summed E-state index contributed by atoms with van der Waals surface area (Å²) in [5, 5.41) is 15.5. The van der Waals surface area contributed by atoms with Gasteiger partial charge >= 0.3 is 12.1 Å². The van der Waals surface area contributed by atoms with Gasteiger partial charge in [0.2, 0.25) is 0 Å². The molecule has 10 nitrogen and oxygen atoms in total. The van der Waals surface area contributed by atoms with Crippen LogP contribution in [0.4, 0.5) is 21.1 Å². The number of carboxylic acid groups (broad SMARTS) is 1. The number of amides is 3. The van der Waals surface area contributed by atoms with Crippen LogP contribution in [0, 0.1) is 5.92 Å². The number of aromatic nitrogens is 2. The summed E-state index contributed by atoms with van der Waals surface area (Å²) < 4.78 is 5.68. The zero-order chi connectivity index (χ0) is 25.8. The SMILES string of the molecule is CCNC(=O)Nc1ccc(-c2nc3c(c(N4CCOCC4C)n2)[C@H](CC(C)C)N(C(=O)O)CC3)cc1. The maximum atomic E-state index is 12.2. The smallest absolute Gasteiger partial charge is 0.407 e. The zero-order valence-electron chi connectivity index (χ0n) is 21.5. The first-order chi connectivity index (χ1) is 17.3. The van der Waals surface area contributed by atoms with E-state index in [1.54, 1.807) is 4.90 Å². The molecule has 3 N–H and O–H groups in total. The molecule has 4 rings (SSSR count). The number of rotatable bonds is 6. The number of benzene rings is 1. The standard InChI is InChI=1S/C26H36N6O4/c1-5-27-25(33)28-19-8-6-18(7-9-19)23-29-20-10-11-32(26(34)35)21(14-16(2)3)22(20)24(30-23)31-12-13-36-15-17(31)4/h6-9,16-17,21H,5,10-15H2,1-4H3,(H,34,35)(H2,27,28,33)/t17?,21-/m0/s1. The Labute approximate surface area is 212 Å². The van der Waals surface area contributed by atoms with E-state index in [-0.39, 0.29) is 18.1 Å². The van der Waals surface area contributed by atoms with Crippen molar-refractivity contribution in [2.24, 2.45) is 5.92 Å². The first-order valence-electron chi connectivity index (χ1n) is 12.7. The quantitative estimate of drug-likeness (QED) is 0.550. The fourth-order valence-corrected chi connectivity index (χ4v) is 4.92. The number of anilines is 2. The normalized spacial score (nSPS) is 19.7. The molecule has 1 aromatic heterocycles. The lowest BCUT2D eigenvalue weighted by Gasteiger charge is -2.41. The molecule has 1 fully saturated rings. The van der Waals surface area contributed by atoms with E-state index in [0.29, 0.717) is 63.1 Å². The molecule has 3 heterocycles. The summed E-state index contributed by atoms with van der Waals surface area (Å²) in [4.78, 5) is 37.8. The predicted octanol–water partition coefficient (Wildman–Crippen LogP) is 4.13. The molecule has 1 unspecified atom stereocenters. The molecule has 0 spiro atoms. The van der Waals surface area contributed by atoms with E-state index in [1.165, 1.54) is 0 Å². The average molecular weight is 497 g/mol. The topological polar surface area (TPSA) is 120 Å². The number of ether oxygens (including phenoxy) is 1. The molecule has 2 atom stereocenters. The Hall–Kier alpha value is -3.40. The van der Waals surface area contributed by atoms with Gasteiger partial charge in [-0.25, -0.2) is 19.6 Å². The van der Waals surface area contributed by atoms with Crippen LogP contribution in [0.5, 0.6) is 0 Å². The van der Waals surface area contributed by atoms with Crippen molar-refractivity contribution in [2.45, 2.75) is 52.6 Å². The molecule has 2 aliphatic heterocycles. The van der Waals surface area contributed by atoms with Gasteiger partial charge in [0.1, 0.15) is 5.82 Å². The van der Waals surface area contributed by atoms with Gasteiger partial charge in [-0.3, -0.25) is 0 Å². The lowest BCUT2D eigenvalue weighted by Crippen LogP contribution is -2.47. The number of morpholine rings is 1. The van der Waals surface area contributed by atoms with Gasteiger partial charge in [0, 0.05) is 42.9 Å². The summed E-state index contributed by atoms with van der Waals surface area (Å²) in [5.74, 6) is 1.70. The Morgan fingerprint density at radius 3 is 2.58 bits per heavy atom. The van der Waals surface area contributed by atoms with Crippen LogP contribution >= 0.6 is 0 Å². The van der Waals surface area contributed by atoms with E-state index in [1.807, 2.05) is 31.2 Å². The van der Waals surface area contributed by atoms with Crippen LogP contribution in [0.3, 0.4) is 0 Å². The highest BCUT2D eigenvalue weighted by molar-refractivity contribution is 5.89. The molecule has 3 amide bonds. The first kappa shape index (κ1) is 25.7. The second-order valence-corrected chi connectivity index (χ2v) is 9.78. The average Bonchev–Trinajstić information content (AvgIpc) is 2.84. The van der Waals surface area contributed by atoms with Crippen molar-refractivity contribution < 1.29 is 19.4 Å². The molecular formula is C26H36N6O4. The van der Waals surface area contributed by atoms with Crippen molar-refractivity contribution in [1.29, 1.82) is 0 Å². The lowest BCUT2D eigenvalue weighted by atomic mass is 9.90. The fourth-order valence-electron chi connectivity index (χ4n) is 4.92. The molecule has 0 radical (unpaired) electrons. The molecule has 1 saturated heterocycles. The number of fused-ring (bicyclic) bond motifs is 1. The van der Waals surface area contributed by atoms with E-state index in [4.69, 9.17) is 14.7 Å². The van der Waals surface area contributed by atoms with Crippen LogP contribution in [0.2, 0.25) is 0 Å². The Morgan fingerprint density at radius 1 is 1.19 bits per heavy atom. The molecule has 1 aromatic carbocycles. The van der Waals surface area contributed by atoms with Gasteiger partial charge in [-0.05, 0) is 50.5 Å². The van der Waals surface area contributed by atoms with Gasteiger partial charge in [0.25, 0.3) is 0 Å². The Kier molecular flexibility index (Phi) is 7.93. The minimum atomic E-state index is -0.911. The summed E-state index contributed by atoms with van der Waals surface area (Å²) in [6.07, 6.45) is 0.328. The number of carbonyl (C=O) groups is 2. The molecule has 2 aromatic rings. The molecule has 0 saturated carbocycles. The molecule has 2 aliphatic rings. The van der Waals surface area contributed by atoms with Crippen LogP contribution in [-0.4, -0.2) is 71.0 Å². The van der Waals surface area contributed by atoms with E-state index in [2.05, 4.69) is 36.3 Å². The molecule has 194 valence electrons. The third-order valence-corrected chi connectivity index (χ3v) is 6.62. The highest BCUT2D eigenvalue weighted by Crippen LogP contribution is 2.41. The Bertz CT molecular complexity index is 1090. The van der Waals surface area contributed by atoms with Crippen LogP contribution in [0.15, 0.2) is 24.3 Å². The van der Waals surface area contributed by atoms with Crippen molar-refractivity contribution in [3.63, 3.8) is 0 Å². The van der Waals surface area contributed by atoms with Crippen LogP contribution in [0.1, 0.15) is 51.4 Å². The van der Waals surface area contributed by atoms with Gasteiger partial charge in [-0.1, -0.05) is 13.8 Å². The Morgan fingerprint density at radius 2 is 1.94 bits per heavy atom. The largest absolute Gasteiger partial charge is 0.465 e. The highest BCUT2D eigenvalue weighted by Gasteiger charge is 2.37. The summed E-state index contributed by atoms with van der Waals surface area (Å²) in [6.45, 7) is 11.0. The minimum Gasteiger partial charge on any atom is -0.465 e. The monoisotopic (exact) mass is 496 g/mol. The number of hydrogen-bond acceptors (Lipinski definition) is 6. The third-order valence-electron chi connectivity index (χ3n) is 6.62. The van der Waals surface area contributed by atoms with Crippen molar-refractivity contribution in [2.75, 3.05) is 43.1 Å². The van der Waals surface area contributed by atoms with Crippen molar-refractivity contribution in [1.82, 2.24) is 20.2 Å². The van der Waals surface area contributed by atoms with Crippen LogP contribution < -0.4 is 15.5 Å². The van der Waals surface area contributed by atoms with Crippen molar-refractivity contribution in [3.8, 4) is 11.4 Å². The first-order valence-corrected chi connectivity index (χ1v) is 12.7. The van der Waals surface area contributed by atoms with Crippen molar-refractivity contribution in [3.05, 3.63) is 35.5 Å². The second-order valence-electron chi connectivity index (χ2n) is 9.78. The van der Waals surface area contributed by atoms with Gasteiger partial charge in [-0.15, -0.1) is 0 Å². The number of nitrogens with one attached hydrogen (secondary N) is 2. The van der Waals surface area contributed by atoms with E-state index in [0.717, 1.165) is 22.6 Å². The number of hydrogen-bond donors (Lipinski definition) is 3. The van der Waals surface area contributed by atoms with Gasteiger partial charge in [0.15, 0.2) is 5.82 Å². The number of urea groups is 1. The number of carbonyl (C=O) groups excluding carboxylic acids is 1. The number of nitrogens with zero attached hydrogens (tertiary/aromatic N) is 4. The van der Waals surface area contributed by atoms with Crippen LogP contribution in [0.25, 0.3) is 11.4 Å². The maximum Gasteiger partial charge on any atom is 0.407 e. The molecule has 0 bridgehead atoms. The van der Waals surface area contributed by atoms with Crippen LogP contribution in [-0.2, 0) is 11.2 Å². The summed E-state index contributed by atoms with van der Waals surface area (Å²) in [6, 6.07) is 7.01. The van der Waals surface area contributed by atoms with Gasteiger partial charge in [0.05, 0.1) is 31.0 Å². The summed E-state index contributed by atoms with van der Waals surface area (Å²) in [5.41, 5.74) is 3.34. The summed E-state index contributed by atoms with van der Waals surface area (Å²) in [7, 11) is 0. The lowest BCUT2D eigenvalue weighted by molar-refractivity contribution is 0.0968. The maximum absolute atomic E-state index is 12.2. The summed E-state index contributed by atoms with van der Waals surface area (Å²) >= 11 is 0. The highest BCUT2D eigenvalue weighted by atomic mass is 16.5. The van der Waals surface area contributed by atoms with E-state index < -0.39 is 6.09 Å². The zero-order valence-corrected chi connectivity index (χ0v) is 21.5. The molecule has 36 heavy (non-hydrogen) atoms. The minimum absolute atomic E-state index is 0.106. The molecular weight excluding hydrogens is 460 g/mol. The molecule has 0 aliphatic carbocycles. The van der Waals surface area contributed by atoms with Crippen molar-refractivity contribution >= 4 is 23.6 Å². The fraction of sp³-hybridized carbons (Fsp3) is 0.538. The predicted molar refractivity (Wildman–Crippen MR) is 138 cm³/mol. The van der Waals surface area contributed by atoms with Gasteiger partial charge in [-0.2, -0.15) is 0 Å². The Balaban J connectivity index is 1.77.